The lowest BCUT2D eigenvalue weighted by molar-refractivity contribution is 0.0920. The van der Waals surface area contributed by atoms with Gasteiger partial charge in [-0.1, -0.05) is 0 Å². The summed E-state index contributed by atoms with van der Waals surface area (Å²) in [5.74, 6) is 0.739. The minimum absolute atomic E-state index is 0.228. The van der Waals surface area contributed by atoms with Gasteiger partial charge in [-0.15, -0.1) is 0 Å². The molecule has 144 valence electrons. The molecule has 1 aliphatic rings. The van der Waals surface area contributed by atoms with Gasteiger partial charge in [0, 0.05) is 18.0 Å². The Balaban J connectivity index is 2.11. The van der Waals surface area contributed by atoms with Gasteiger partial charge in [-0.05, 0) is 48.0 Å². The Morgan fingerprint density at radius 2 is 1.68 bits per heavy atom. The van der Waals surface area contributed by atoms with E-state index in [1.807, 2.05) is 0 Å². The Bertz CT molecular complexity index is 946. The summed E-state index contributed by atoms with van der Waals surface area (Å²) in [7, 11) is 4.42. The van der Waals surface area contributed by atoms with Gasteiger partial charge in [0.05, 0.1) is 32.6 Å². The third-order valence-corrected chi connectivity index (χ3v) is 4.57. The summed E-state index contributed by atoms with van der Waals surface area (Å²) in [6.07, 6.45) is 6.15. The second-order valence-corrected chi connectivity index (χ2v) is 6.20. The molecule has 0 radical (unpaired) electrons. The molecule has 0 saturated carbocycles. The van der Waals surface area contributed by atoms with Crippen molar-refractivity contribution in [3.05, 3.63) is 59.4 Å². The van der Waals surface area contributed by atoms with Crippen LogP contribution in [-0.2, 0) is 5.54 Å². The average Bonchev–Trinajstić information content (AvgIpc) is 3.23. The fourth-order valence-corrected chi connectivity index (χ4v) is 3.07. The molecule has 0 amide bonds. The first-order chi connectivity index (χ1) is 13.5. The largest absolute Gasteiger partial charge is 0.493 e. The Kier molecular flexibility index (Phi) is 5.46. The predicted molar refractivity (Wildman–Crippen MR) is 104 cm³/mol. The predicted octanol–water partition coefficient (Wildman–Crippen LogP) is 3.21. The van der Waals surface area contributed by atoms with E-state index >= 15 is 0 Å². The van der Waals surface area contributed by atoms with Crippen molar-refractivity contribution in [3.8, 4) is 17.2 Å². The number of nitrogens with zero attached hydrogens (tertiary/aromatic N) is 2. The zero-order valence-corrected chi connectivity index (χ0v) is 16.2. The quantitative estimate of drug-likeness (QED) is 0.524. The summed E-state index contributed by atoms with van der Waals surface area (Å²) in [5.41, 5.74) is -0.472. The van der Waals surface area contributed by atoms with Crippen LogP contribution in [0.15, 0.2) is 47.6 Å². The van der Waals surface area contributed by atoms with Crippen LogP contribution in [0.3, 0.4) is 0 Å². The van der Waals surface area contributed by atoms with Crippen LogP contribution in [0.4, 0.5) is 0 Å². The number of allylic oxidation sites excluding steroid dienone is 1. The normalized spacial score (nSPS) is 17.4. The molecule has 0 N–H and O–H groups in total. The minimum Gasteiger partial charge on any atom is -0.493 e. The number of aromatic nitrogens is 1. The van der Waals surface area contributed by atoms with Gasteiger partial charge in [-0.2, -0.15) is 0 Å². The number of hydrogen-bond acceptors (Lipinski definition) is 7. The Hall–Kier alpha value is -3.19. The molecule has 1 unspecified atom stereocenters. The van der Waals surface area contributed by atoms with Gasteiger partial charge in [0.2, 0.25) is 11.5 Å². The Morgan fingerprint density at radius 1 is 1.00 bits per heavy atom. The summed E-state index contributed by atoms with van der Waals surface area (Å²) in [5, 5.41) is -0.630. The van der Waals surface area contributed by atoms with E-state index in [2.05, 4.69) is 9.98 Å². The molecule has 1 atom stereocenters. The van der Waals surface area contributed by atoms with Crippen molar-refractivity contribution in [2.24, 2.45) is 4.99 Å². The minimum atomic E-state index is -1.36. The fraction of sp³-hybridized carbons (Fsp3) is 0.200. The molecular weight excluding hydrogens is 384 g/mol. The van der Waals surface area contributed by atoms with Gasteiger partial charge in [-0.25, -0.2) is 0 Å². The number of carbonyl (C=O) groups is 2. The maximum atomic E-state index is 13.5. The third-order valence-electron chi connectivity index (χ3n) is 4.36. The number of rotatable bonds is 7. The van der Waals surface area contributed by atoms with Crippen LogP contribution in [0, 0.1) is 0 Å². The second-order valence-electron chi connectivity index (χ2n) is 5.85. The number of aliphatic imine (C=N–C) groups is 1. The number of benzene rings is 1. The first-order valence-corrected chi connectivity index (χ1v) is 8.59. The number of ketones is 1. The first-order valence-electron chi connectivity index (χ1n) is 8.21. The second kappa shape index (κ2) is 7.82. The van der Waals surface area contributed by atoms with Crippen molar-refractivity contribution < 1.29 is 23.8 Å². The number of Topliss-reactive ketones (excluding diaryl/α,β-unsaturated/α-hetero) is 1. The van der Waals surface area contributed by atoms with E-state index in [-0.39, 0.29) is 11.3 Å². The van der Waals surface area contributed by atoms with Gasteiger partial charge in [0.15, 0.2) is 17.0 Å². The number of pyridine rings is 1. The van der Waals surface area contributed by atoms with Gasteiger partial charge in [0.1, 0.15) is 0 Å². The summed E-state index contributed by atoms with van der Waals surface area (Å²) >= 11 is 5.47. The SMILES string of the molecule is COc1cc(C(=O)C2(c3ccc(C(=O)Cl)cn3)C=CC=N2)cc(OC)c1OC. The average molecular weight is 401 g/mol. The van der Waals surface area contributed by atoms with Crippen LogP contribution in [0.25, 0.3) is 0 Å². The molecule has 0 spiro atoms. The van der Waals surface area contributed by atoms with E-state index in [0.717, 1.165) is 0 Å². The highest BCUT2D eigenvalue weighted by atomic mass is 35.5. The molecule has 0 aliphatic carbocycles. The molecule has 7 nitrogen and oxygen atoms in total. The van der Waals surface area contributed by atoms with Crippen molar-refractivity contribution in [1.29, 1.82) is 0 Å². The van der Waals surface area contributed by atoms with Gasteiger partial charge >= 0.3 is 0 Å². The van der Waals surface area contributed by atoms with Crippen molar-refractivity contribution in [2.45, 2.75) is 5.54 Å². The van der Waals surface area contributed by atoms with Crippen LogP contribution in [0.5, 0.6) is 17.2 Å². The van der Waals surface area contributed by atoms with E-state index in [4.69, 9.17) is 25.8 Å². The number of hydrogen-bond donors (Lipinski definition) is 0. The number of halogens is 1. The Labute approximate surface area is 166 Å². The van der Waals surface area contributed by atoms with E-state index in [1.165, 1.54) is 39.8 Å². The van der Waals surface area contributed by atoms with Crippen LogP contribution in [-0.4, -0.2) is 43.6 Å². The monoisotopic (exact) mass is 400 g/mol. The summed E-state index contributed by atoms with van der Waals surface area (Å²) in [6.45, 7) is 0. The molecule has 1 aromatic carbocycles. The number of methoxy groups -OCH3 is 3. The molecule has 0 bridgehead atoms. The summed E-state index contributed by atoms with van der Waals surface area (Å²) < 4.78 is 16.0. The summed E-state index contributed by atoms with van der Waals surface area (Å²) in [4.78, 5) is 33.4. The maximum absolute atomic E-state index is 13.5. The van der Waals surface area contributed by atoms with Crippen LogP contribution >= 0.6 is 11.6 Å². The molecule has 1 aliphatic heterocycles. The standard InChI is InChI=1S/C20H17ClN2O5/c1-26-14-9-13(10-15(27-2)17(14)28-3)18(24)20(7-4-8-23-20)16-6-5-12(11-22-16)19(21)25/h4-11H,1-3H3. The molecule has 1 aromatic heterocycles. The fourth-order valence-electron chi connectivity index (χ4n) is 2.96. The van der Waals surface area contributed by atoms with Crippen molar-refractivity contribution in [2.75, 3.05) is 21.3 Å². The van der Waals surface area contributed by atoms with E-state index in [9.17, 15) is 9.59 Å². The lowest BCUT2D eigenvalue weighted by Crippen LogP contribution is -2.32. The van der Waals surface area contributed by atoms with Crippen molar-refractivity contribution >= 4 is 28.8 Å². The highest BCUT2D eigenvalue weighted by Crippen LogP contribution is 2.41. The molecular formula is C20H17ClN2O5. The van der Waals surface area contributed by atoms with E-state index in [0.29, 0.717) is 28.5 Å². The topological polar surface area (TPSA) is 87.1 Å². The zero-order valence-electron chi connectivity index (χ0n) is 15.4. The lowest BCUT2D eigenvalue weighted by atomic mass is 9.86. The molecule has 8 heteroatoms. The van der Waals surface area contributed by atoms with E-state index in [1.54, 1.807) is 30.4 Å². The highest BCUT2D eigenvalue weighted by Gasteiger charge is 2.41. The maximum Gasteiger partial charge on any atom is 0.253 e. The lowest BCUT2D eigenvalue weighted by Gasteiger charge is -2.23. The molecule has 2 aromatic rings. The zero-order chi connectivity index (χ0) is 20.3. The van der Waals surface area contributed by atoms with Crippen LogP contribution in [0.2, 0.25) is 0 Å². The number of carbonyl (C=O) groups excluding carboxylic acids is 2. The number of ether oxygens (including phenoxy) is 3. The molecule has 3 rings (SSSR count). The molecule has 28 heavy (non-hydrogen) atoms. The van der Waals surface area contributed by atoms with Crippen LogP contribution in [0.1, 0.15) is 26.4 Å². The molecule has 2 heterocycles. The molecule has 0 saturated heterocycles. The van der Waals surface area contributed by atoms with Gasteiger partial charge in [-0.3, -0.25) is 19.6 Å². The van der Waals surface area contributed by atoms with Crippen molar-refractivity contribution in [3.63, 3.8) is 0 Å². The third kappa shape index (κ3) is 3.25. The van der Waals surface area contributed by atoms with Crippen molar-refractivity contribution in [1.82, 2.24) is 4.98 Å². The first kappa shape index (κ1) is 19.6. The smallest absolute Gasteiger partial charge is 0.253 e. The van der Waals surface area contributed by atoms with Gasteiger partial charge in [0.25, 0.3) is 5.24 Å². The highest BCUT2D eigenvalue weighted by molar-refractivity contribution is 6.67. The van der Waals surface area contributed by atoms with E-state index < -0.39 is 10.8 Å². The summed E-state index contributed by atoms with van der Waals surface area (Å²) in [6, 6.07) is 6.18. The van der Waals surface area contributed by atoms with Crippen LogP contribution < -0.4 is 14.2 Å². The van der Waals surface area contributed by atoms with Gasteiger partial charge < -0.3 is 14.2 Å². The Morgan fingerprint density at radius 3 is 2.11 bits per heavy atom. The molecule has 0 fully saturated rings.